The lowest BCUT2D eigenvalue weighted by Gasteiger charge is -2.09. The van der Waals surface area contributed by atoms with Crippen molar-refractivity contribution in [3.05, 3.63) is 53.6 Å². The van der Waals surface area contributed by atoms with Crippen LogP contribution >= 0.6 is 0 Å². The van der Waals surface area contributed by atoms with Gasteiger partial charge in [-0.1, -0.05) is 24.3 Å². The first-order valence-corrected chi connectivity index (χ1v) is 5.92. The van der Waals surface area contributed by atoms with E-state index in [2.05, 4.69) is 0 Å². The van der Waals surface area contributed by atoms with Gasteiger partial charge in [-0.25, -0.2) is 0 Å². The largest absolute Gasteiger partial charge is 0.508 e. The molecule has 2 aromatic rings. The Bertz CT molecular complexity index is 549. The normalized spacial score (nSPS) is 10.6. The lowest BCUT2D eigenvalue weighted by molar-refractivity contribution is 0.392. The van der Waals surface area contributed by atoms with Crippen LogP contribution in [0.15, 0.2) is 42.5 Å². The minimum Gasteiger partial charge on any atom is -0.508 e. The van der Waals surface area contributed by atoms with Crippen LogP contribution in [0, 0.1) is 0 Å². The molecule has 2 aromatic carbocycles. The molecule has 0 aliphatic carbocycles. The van der Waals surface area contributed by atoms with Crippen molar-refractivity contribution in [2.24, 2.45) is 0 Å². The van der Waals surface area contributed by atoms with Crippen molar-refractivity contribution >= 4 is 12.2 Å². The molecule has 0 aliphatic heterocycles. The van der Waals surface area contributed by atoms with Crippen molar-refractivity contribution in [2.75, 3.05) is 14.2 Å². The van der Waals surface area contributed by atoms with Crippen molar-refractivity contribution in [3.8, 4) is 17.2 Å². The van der Waals surface area contributed by atoms with Crippen LogP contribution in [0.3, 0.4) is 0 Å². The first-order chi connectivity index (χ1) is 9.24. The lowest BCUT2D eigenvalue weighted by atomic mass is 10.1. The number of phenols is 1. The van der Waals surface area contributed by atoms with Crippen LogP contribution in [0.25, 0.3) is 12.2 Å². The second-order valence-corrected chi connectivity index (χ2v) is 4.00. The highest BCUT2D eigenvalue weighted by Crippen LogP contribution is 2.30. The van der Waals surface area contributed by atoms with Crippen LogP contribution in [-0.4, -0.2) is 19.3 Å². The van der Waals surface area contributed by atoms with Gasteiger partial charge in [-0.05, 0) is 35.9 Å². The quantitative estimate of drug-likeness (QED) is 0.850. The Morgan fingerprint density at radius 3 is 1.95 bits per heavy atom. The van der Waals surface area contributed by atoms with E-state index in [0.29, 0.717) is 0 Å². The van der Waals surface area contributed by atoms with Gasteiger partial charge in [0.15, 0.2) is 0 Å². The minimum atomic E-state index is 0.257. The van der Waals surface area contributed by atoms with E-state index in [0.717, 1.165) is 22.6 Å². The number of rotatable bonds is 4. The van der Waals surface area contributed by atoms with Crippen LogP contribution in [0.1, 0.15) is 11.1 Å². The molecule has 3 heteroatoms. The van der Waals surface area contributed by atoms with E-state index in [-0.39, 0.29) is 5.75 Å². The van der Waals surface area contributed by atoms with Crippen LogP contribution in [0.4, 0.5) is 0 Å². The zero-order valence-corrected chi connectivity index (χ0v) is 11.0. The van der Waals surface area contributed by atoms with E-state index < -0.39 is 0 Å². The van der Waals surface area contributed by atoms with E-state index in [4.69, 9.17) is 9.47 Å². The Morgan fingerprint density at radius 1 is 0.842 bits per heavy atom. The fraction of sp³-hybridized carbons (Fsp3) is 0.125. The number of methoxy groups -OCH3 is 2. The van der Waals surface area contributed by atoms with Gasteiger partial charge >= 0.3 is 0 Å². The predicted molar refractivity (Wildman–Crippen MR) is 76.6 cm³/mol. The number of benzene rings is 2. The SMILES string of the molecule is COc1cccc(OC)c1C=Cc1ccc(O)cc1. The Morgan fingerprint density at radius 2 is 1.42 bits per heavy atom. The van der Waals surface area contributed by atoms with Crippen LogP contribution < -0.4 is 9.47 Å². The van der Waals surface area contributed by atoms with E-state index in [1.54, 1.807) is 26.4 Å². The maximum atomic E-state index is 9.24. The molecule has 0 radical (unpaired) electrons. The summed E-state index contributed by atoms with van der Waals surface area (Å²) in [7, 11) is 3.26. The fourth-order valence-corrected chi connectivity index (χ4v) is 1.81. The molecule has 0 spiro atoms. The summed E-state index contributed by atoms with van der Waals surface area (Å²) in [4.78, 5) is 0. The molecule has 1 N–H and O–H groups in total. The lowest BCUT2D eigenvalue weighted by Crippen LogP contribution is -1.91. The van der Waals surface area contributed by atoms with Crippen molar-refractivity contribution < 1.29 is 14.6 Å². The average molecular weight is 256 g/mol. The van der Waals surface area contributed by atoms with Gasteiger partial charge in [0.2, 0.25) is 0 Å². The molecular weight excluding hydrogens is 240 g/mol. The minimum absolute atomic E-state index is 0.257. The Kier molecular flexibility index (Phi) is 4.08. The average Bonchev–Trinajstić information content (AvgIpc) is 2.46. The van der Waals surface area contributed by atoms with Gasteiger partial charge in [-0.3, -0.25) is 0 Å². The summed E-state index contributed by atoms with van der Waals surface area (Å²) >= 11 is 0. The van der Waals surface area contributed by atoms with E-state index in [1.165, 1.54) is 0 Å². The van der Waals surface area contributed by atoms with Gasteiger partial charge in [0, 0.05) is 0 Å². The van der Waals surface area contributed by atoms with Crippen LogP contribution in [-0.2, 0) is 0 Å². The monoisotopic (exact) mass is 256 g/mol. The number of hydrogen-bond acceptors (Lipinski definition) is 3. The van der Waals surface area contributed by atoms with E-state index >= 15 is 0 Å². The Labute approximate surface area is 112 Å². The summed E-state index contributed by atoms with van der Waals surface area (Å²) in [5.74, 6) is 1.77. The number of aromatic hydroxyl groups is 1. The predicted octanol–water partition coefficient (Wildman–Crippen LogP) is 3.58. The van der Waals surface area contributed by atoms with Crippen molar-refractivity contribution in [1.82, 2.24) is 0 Å². The highest BCUT2D eigenvalue weighted by molar-refractivity contribution is 5.76. The molecule has 98 valence electrons. The van der Waals surface area contributed by atoms with Gasteiger partial charge < -0.3 is 14.6 Å². The van der Waals surface area contributed by atoms with Crippen molar-refractivity contribution in [1.29, 1.82) is 0 Å². The summed E-state index contributed by atoms with van der Waals surface area (Å²) < 4.78 is 10.6. The number of hydrogen-bond donors (Lipinski definition) is 1. The summed E-state index contributed by atoms with van der Waals surface area (Å²) in [6.07, 6.45) is 3.88. The molecule has 0 aromatic heterocycles. The molecule has 0 aliphatic rings. The first kappa shape index (κ1) is 13.0. The molecule has 0 unspecified atom stereocenters. The third kappa shape index (κ3) is 3.07. The van der Waals surface area contributed by atoms with Gasteiger partial charge in [-0.15, -0.1) is 0 Å². The zero-order chi connectivity index (χ0) is 13.7. The highest BCUT2D eigenvalue weighted by Gasteiger charge is 2.05. The molecular formula is C16H16O3. The number of phenolic OH excluding ortho intramolecular Hbond substituents is 1. The molecule has 0 heterocycles. The highest BCUT2D eigenvalue weighted by atomic mass is 16.5. The summed E-state index contributed by atoms with van der Waals surface area (Å²) in [5, 5.41) is 9.24. The van der Waals surface area contributed by atoms with E-state index in [9.17, 15) is 5.11 Å². The number of ether oxygens (including phenoxy) is 2. The summed E-state index contributed by atoms with van der Waals surface area (Å²) in [5.41, 5.74) is 1.88. The Balaban J connectivity index is 2.34. The van der Waals surface area contributed by atoms with E-state index in [1.807, 2.05) is 42.5 Å². The van der Waals surface area contributed by atoms with Crippen LogP contribution in [0.5, 0.6) is 17.2 Å². The summed E-state index contributed by atoms with van der Waals surface area (Å²) in [6, 6.07) is 12.6. The second kappa shape index (κ2) is 5.96. The molecule has 0 atom stereocenters. The van der Waals surface area contributed by atoms with Crippen LogP contribution in [0.2, 0.25) is 0 Å². The molecule has 0 fully saturated rings. The van der Waals surface area contributed by atoms with Gasteiger partial charge in [0.05, 0.1) is 19.8 Å². The standard InChI is InChI=1S/C16H16O3/c1-18-15-4-3-5-16(19-2)14(15)11-8-12-6-9-13(17)10-7-12/h3-11,17H,1-2H3. The fourth-order valence-electron chi connectivity index (χ4n) is 1.81. The van der Waals surface area contributed by atoms with Crippen molar-refractivity contribution in [2.45, 2.75) is 0 Å². The molecule has 2 rings (SSSR count). The third-order valence-corrected chi connectivity index (χ3v) is 2.80. The molecule has 19 heavy (non-hydrogen) atoms. The zero-order valence-electron chi connectivity index (χ0n) is 11.0. The molecule has 0 saturated heterocycles. The molecule has 3 nitrogen and oxygen atoms in total. The third-order valence-electron chi connectivity index (χ3n) is 2.80. The van der Waals surface area contributed by atoms with Gasteiger partial charge in [0.1, 0.15) is 17.2 Å². The molecule has 0 amide bonds. The molecule has 0 bridgehead atoms. The summed E-state index contributed by atoms with van der Waals surface area (Å²) in [6.45, 7) is 0. The second-order valence-electron chi connectivity index (χ2n) is 4.00. The smallest absolute Gasteiger partial charge is 0.129 e. The maximum Gasteiger partial charge on any atom is 0.129 e. The Hall–Kier alpha value is -2.42. The first-order valence-electron chi connectivity index (χ1n) is 5.92. The maximum absolute atomic E-state index is 9.24. The van der Waals surface area contributed by atoms with Gasteiger partial charge in [0.25, 0.3) is 0 Å². The van der Waals surface area contributed by atoms with Crippen molar-refractivity contribution in [3.63, 3.8) is 0 Å². The molecule has 0 saturated carbocycles. The van der Waals surface area contributed by atoms with Gasteiger partial charge in [-0.2, -0.15) is 0 Å². The topological polar surface area (TPSA) is 38.7 Å².